The average molecular weight is 316 g/mol. The molecule has 0 unspecified atom stereocenters. The molecule has 0 radical (unpaired) electrons. The molecule has 1 saturated carbocycles. The maximum absolute atomic E-state index is 12.4. The van der Waals surface area contributed by atoms with Gasteiger partial charge in [-0.25, -0.2) is 0 Å². The van der Waals surface area contributed by atoms with E-state index in [1.54, 1.807) is 11.3 Å². The number of hydrogen-bond acceptors (Lipinski definition) is 3. The Hall–Kier alpha value is -0.190. The van der Waals surface area contributed by atoms with Crippen molar-refractivity contribution in [3.05, 3.63) is 21.4 Å². The second-order valence-corrected chi connectivity index (χ2v) is 8.34. The van der Waals surface area contributed by atoms with Crippen LogP contribution in [0.1, 0.15) is 33.0 Å². The zero-order valence-electron chi connectivity index (χ0n) is 11.0. The Balaban J connectivity index is 1.64. The standard InChI is InChI=1S/C14H18ClNOS2/c1-16(7-9-4-11(15)5-9)14(17)13-6-10-8-18-3-2-12(10)19-13/h6,9,11H,2-5,7-8H2,1H3. The van der Waals surface area contributed by atoms with Gasteiger partial charge in [-0.15, -0.1) is 22.9 Å². The van der Waals surface area contributed by atoms with Gasteiger partial charge in [0, 0.05) is 29.6 Å². The highest BCUT2D eigenvalue weighted by molar-refractivity contribution is 7.98. The zero-order valence-corrected chi connectivity index (χ0v) is 13.4. The zero-order chi connectivity index (χ0) is 13.4. The van der Waals surface area contributed by atoms with Crippen LogP contribution < -0.4 is 0 Å². The third kappa shape index (κ3) is 2.96. The van der Waals surface area contributed by atoms with E-state index < -0.39 is 0 Å². The summed E-state index contributed by atoms with van der Waals surface area (Å²) in [5.74, 6) is 3.04. The molecule has 5 heteroatoms. The van der Waals surface area contributed by atoms with Gasteiger partial charge in [0.1, 0.15) is 0 Å². The molecule has 0 N–H and O–H groups in total. The summed E-state index contributed by atoms with van der Waals surface area (Å²) in [6.07, 6.45) is 3.23. The number of nitrogens with zero attached hydrogens (tertiary/aromatic N) is 1. The molecule has 0 saturated heterocycles. The number of alkyl halides is 1. The number of rotatable bonds is 3. The molecule has 1 aliphatic carbocycles. The first-order valence-electron chi connectivity index (χ1n) is 6.72. The van der Waals surface area contributed by atoms with Crippen molar-refractivity contribution >= 4 is 40.6 Å². The van der Waals surface area contributed by atoms with E-state index in [0.717, 1.165) is 36.4 Å². The fraction of sp³-hybridized carbons (Fsp3) is 0.643. The van der Waals surface area contributed by atoms with Crippen LogP contribution in [0.25, 0.3) is 0 Å². The molecule has 104 valence electrons. The summed E-state index contributed by atoms with van der Waals surface area (Å²) < 4.78 is 0. The average Bonchev–Trinajstić information content (AvgIpc) is 2.79. The third-order valence-corrected chi connectivity index (χ3v) is 6.48. The smallest absolute Gasteiger partial charge is 0.263 e. The lowest BCUT2D eigenvalue weighted by molar-refractivity contribution is 0.0751. The molecule has 1 fully saturated rings. The second kappa shape index (κ2) is 5.66. The summed E-state index contributed by atoms with van der Waals surface area (Å²) in [4.78, 5) is 16.6. The molecule has 19 heavy (non-hydrogen) atoms. The van der Waals surface area contributed by atoms with Crippen LogP contribution in [0.15, 0.2) is 6.07 Å². The van der Waals surface area contributed by atoms with Crippen LogP contribution in [0.2, 0.25) is 0 Å². The van der Waals surface area contributed by atoms with Gasteiger partial charge < -0.3 is 4.90 Å². The Morgan fingerprint density at radius 2 is 2.32 bits per heavy atom. The van der Waals surface area contributed by atoms with Crippen LogP contribution >= 0.6 is 34.7 Å². The first kappa shape index (κ1) is 13.8. The SMILES string of the molecule is CN(CC1CC(Cl)C1)C(=O)c1cc2c(s1)CCSC2. The van der Waals surface area contributed by atoms with Gasteiger partial charge in [0.2, 0.25) is 0 Å². The molecule has 1 aromatic heterocycles. The number of thiophene rings is 1. The fourth-order valence-corrected chi connectivity index (χ4v) is 5.59. The number of hydrogen-bond donors (Lipinski definition) is 0. The van der Waals surface area contributed by atoms with Gasteiger partial charge in [0.15, 0.2) is 0 Å². The molecule has 0 atom stereocenters. The quantitative estimate of drug-likeness (QED) is 0.794. The van der Waals surface area contributed by atoms with Crippen molar-refractivity contribution in [1.29, 1.82) is 0 Å². The molecule has 1 aromatic rings. The van der Waals surface area contributed by atoms with Crippen molar-refractivity contribution in [2.24, 2.45) is 5.92 Å². The van der Waals surface area contributed by atoms with Crippen LogP contribution in [-0.2, 0) is 12.2 Å². The molecule has 0 aromatic carbocycles. The summed E-state index contributed by atoms with van der Waals surface area (Å²) >= 11 is 9.64. The van der Waals surface area contributed by atoms with Gasteiger partial charge in [-0.3, -0.25) is 4.79 Å². The van der Waals surface area contributed by atoms with Crippen molar-refractivity contribution in [2.45, 2.75) is 30.4 Å². The maximum atomic E-state index is 12.4. The van der Waals surface area contributed by atoms with Crippen molar-refractivity contribution in [1.82, 2.24) is 4.90 Å². The summed E-state index contributed by atoms with van der Waals surface area (Å²) in [6, 6.07) is 2.11. The van der Waals surface area contributed by atoms with E-state index >= 15 is 0 Å². The largest absolute Gasteiger partial charge is 0.341 e. The monoisotopic (exact) mass is 315 g/mol. The van der Waals surface area contributed by atoms with Crippen LogP contribution in [0.4, 0.5) is 0 Å². The summed E-state index contributed by atoms with van der Waals surface area (Å²) in [7, 11) is 1.91. The number of amides is 1. The topological polar surface area (TPSA) is 20.3 Å². The Kier molecular flexibility index (Phi) is 4.11. The Labute approximate surface area is 127 Å². The normalized spacial score (nSPS) is 25.6. The van der Waals surface area contributed by atoms with E-state index in [-0.39, 0.29) is 5.91 Å². The predicted molar refractivity (Wildman–Crippen MR) is 83.5 cm³/mol. The van der Waals surface area contributed by atoms with Gasteiger partial charge in [-0.05, 0) is 42.6 Å². The minimum absolute atomic E-state index is 0.183. The lowest BCUT2D eigenvalue weighted by Gasteiger charge is -2.33. The van der Waals surface area contributed by atoms with E-state index in [0.29, 0.717) is 11.3 Å². The Morgan fingerprint density at radius 3 is 3.00 bits per heavy atom. The lowest BCUT2D eigenvalue weighted by Crippen LogP contribution is -2.37. The molecule has 1 amide bonds. The number of aryl methyl sites for hydroxylation is 1. The van der Waals surface area contributed by atoms with E-state index in [1.807, 2.05) is 23.7 Å². The van der Waals surface area contributed by atoms with Crippen molar-refractivity contribution in [2.75, 3.05) is 19.3 Å². The number of halogens is 1. The third-order valence-electron chi connectivity index (χ3n) is 3.90. The van der Waals surface area contributed by atoms with Crippen LogP contribution in [0.5, 0.6) is 0 Å². The second-order valence-electron chi connectivity index (χ2n) is 5.48. The van der Waals surface area contributed by atoms with E-state index in [1.165, 1.54) is 16.2 Å². The van der Waals surface area contributed by atoms with Crippen molar-refractivity contribution in [3.63, 3.8) is 0 Å². The lowest BCUT2D eigenvalue weighted by atomic mass is 9.84. The van der Waals surface area contributed by atoms with E-state index in [9.17, 15) is 4.79 Å². The number of carbonyl (C=O) groups excluding carboxylic acids is 1. The minimum Gasteiger partial charge on any atom is -0.341 e. The van der Waals surface area contributed by atoms with Crippen molar-refractivity contribution in [3.8, 4) is 0 Å². The summed E-state index contributed by atoms with van der Waals surface area (Å²) in [5, 5.41) is 0.333. The molecule has 3 rings (SSSR count). The molecule has 0 bridgehead atoms. The first-order valence-corrected chi connectivity index (χ1v) is 9.13. The number of carbonyl (C=O) groups is 1. The number of fused-ring (bicyclic) bond motifs is 1. The van der Waals surface area contributed by atoms with Crippen LogP contribution in [0.3, 0.4) is 0 Å². The summed E-state index contributed by atoms with van der Waals surface area (Å²) in [6.45, 7) is 0.847. The van der Waals surface area contributed by atoms with Crippen LogP contribution in [0, 0.1) is 5.92 Å². The van der Waals surface area contributed by atoms with Crippen molar-refractivity contribution < 1.29 is 4.79 Å². The molecular formula is C14H18ClNOS2. The summed E-state index contributed by atoms with van der Waals surface area (Å²) in [5.41, 5.74) is 1.38. The Morgan fingerprint density at radius 1 is 1.53 bits per heavy atom. The molecule has 2 heterocycles. The first-order chi connectivity index (χ1) is 9.13. The van der Waals surface area contributed by atoms with E-state index in [2.05, 4.69) is 6.07 Å². The highest BCUT2D eigenvalue weighted by Crippen LogP contribution is 2.34. The highest BCUT2D eigenvalue weighted by atomic mass is 35.5. The highest BCUT2D eigenvalue weighted by Gasteiger charge is 2.30. The van der Waals surface area contributed by atoms with Gasteiger partial charge in [-0.2, -0.15) is 11.8 Å². The number of thioether (sulfide) groups is 1. The minimum atomic E-state index is 0.183. The molecule has 1 aliphatic heterocycles. The van der Waals surface area contributed by atoms with Crippen LogP contribution in [-0.4, -0.2) is 35.5 Å². The van der Waals surface area contributed by atoms with Gasteiger partial charge in [-0.1, -0.05) is 0 Å². The molecule has 0 spiro atoms. The van der Waals surface area contributed by atoms with Gasteiger partial charge in [0.25, 0.3) is 5.91 Å². The Bertz CT molecular complexity index is 458. The fourth-order valence-electron chi connectivity index (χ4n) is 2.71. The molecule has 2 nitrogen and oxygen atoms in total. The van der Waals surface area contributed by atoms with Gasteiger partial charge >= 0.3 is 0 Å². The van der Waals surface area contributed by atoms with E-state index in [4.69, 9.17) is 11.6 Å². The molecule has 2 aliphatic rings. The predicted octanol–water partition coefficient (Wildman–Crippen LogP) is 3.63. The maximum Gasteiger partial charge on any atom is 0.263 e. The molecular weight excluding hydrogens is 298 g/mol. The van der Waals surface area contributed by atoms with Gasteiger partial charge in [0.05, 0.1) is 4.88 Å².